The predicted octanol–water partition coefficient (Wildman–Crippen LogP) is 2.49. The van der Waals surface area contributed by atoms with E-state index in [2.05, 4.69) is 5.32 Å². The van der Waals surface area contributed by atoms with E-state index in [1.165, 1.54) is 11.0 Å². The van der Waals surface area contributed by atoms with E-state index in [0.29, 0.717) is 18.4 Å². The number of hydrogen-bond donors (Lipinski definition) is 1. The standard InChI is InChI=1S/C21H23N3O4/c1-3-21(14-15-9-5-4-6-10-15)20(26)23(2)18(19(25)22-21)13-16-11-7-8-12-17(16)24(27)28/h4-12,18H,3,13-14H2,1-2H3,(H,22,25). The van der Waals surface area contributed by atoms with Gasteiger partial charge in [0.05, 0.1) is 4.92 Å². The quantitative estimate of drug-likeness (QED) is 0.615. The highest BCUT2D eigenvalue weighted by atomic mass is 16.6. The average Bonchev–Trinajstić information content (AvgIpc) is 2.70. The van der Waals surface area contributed by atoms with Crippen molar-refractivity contribution in [2.75, 3.05) is 7.05 Å². The summed E-state index contributed by atoms with van der Waals surface area (Å²) in [5, 5.41) is 14.2. The van der Waals surface area contributed by atoms with Gasteiger partial charge >= 0.3 is 0 Å². The summed E-state index contributed by atoms with van der Waals surface area (Å²) in [5.41, 5.74) is 0.336. The van der Waals surface area contributed by atoms with Crippen molar-refractivity contribution in [2.24, 2.45) is 0 Å². The van der Waals surface area contributed by atoms with Crippen molar-refractivity contribution in [1.29, 1.82) is 0 Å². The van der Waals surface area contributed by atoms with Crippen LogP contribution in [-0.2, 0) is 22.4 Å². The van der Waals surface area contributed by atoms with Crippen LogP contribution in [0.5, 0.6) is 0 Å². The van der Waals surface area contributed by atoms with E-state index in [0.717, 1.165) is 5.56 Å². The second kappa shape index (κ2) is 7.80. The van der Waals surface area contributed by atoms with Crippen LogP contribution < -0.4 is 5.32 Å². The summed E-state index contributed by atoms with van der Waals surface area (Å²) in [6.45, 7) is 1.87. The number of rotatable bonds is 6. The molecule has 1 fully saturated rings. The second-order valence-corrected chi connectivity index (χ2v) is 7.11. The molecule has 2 atom stereocenters. The fraction of sp³-hybridized carbons (Fsp3) is 0.333. The van der Waals surface area contributed by atoms with Crippen molar-refractivity contribution in [1.82, 2.24) is 10.2 Å². The number of benzene rings is 2. The van der Waals surface area contributed by atoms with Crippen molar-refractivity contribution < 1.29 is 14.5 Å². The number of nitro groups is 1. The van der Waals surface area contributed by atoms with E-state index in [1.54, 1.807) is 25.2 Å². The van der Waals surface area contributed by atoms with Gasteiger partial charge in [-0.1, -0.05) is 55.5 Å². The number of nitrogens with one attached hydrogen (secondary N) is 1. The molecule has 2 aromatic carbocycles. The summed E-state index contributed by atoms with van der Waals surface area (Å²) < 4.78 is 0. The highest BCUT2D eigenvalue weighted by Crippen LogP contribution is 2.28. The maximum atomic E-state index is 13.2. The number of nitrogens with zero attached hydrogens (tertiary/aromatic N) is 2. The van der Waals surface area contributed by atoms with Gasteiger partial charge in [-0.15, -0.1) is 0 Å². The van der Waals surface area contributed by atoms with Crippen LogP contribution >= 0.6 is 0 Å². The van der Waals surface area contributed by atoms with Crippen molar-refractivity contribution in [3.63, 3.8) is 0 Å². The third-order valence-electron chi connectivity index (χ3n) is 5.42. The number of carbonyl (C=O) groups excluding carboxylic acids is 2. The molecule has 7 nitrogen and oxygen atoms in total. The zero-order valence-corrected chi connectivity index (χ0v) is 15.9. The predicted molar refractivity (Wildman–Crippen MR) is 105 cm³/mol. The van der Waals surface area contributed by atoms with Crippen molar-refractivity contribution in [3.05, 3.63) is 75.8 Å². The van der Waals surface area contributed by atoms with Gasteiger partial charge in [0.1, 0.15) is 11.6 Å². The molecule has 3 rings (SSSR count). The van der Waals surface area contributed by atoms with E-state index in [4.69, 9.17) is 0 Å². The number of hydrogen-bond acceptors (Lipinski definition) is 4. The fourth-order valence-electron chi connectivity index (χ4n) is 3.76. The lowest BCUT2D eigenvalue weighted by molar-refractivity contribution is -0.385. The zero-order chi connectivity index (χ0) is 20.3. The smallest absolute Gasteiger partial charge is 0.272 e. The molecular formula is C21H23N3O4. The molecule has 2 amide bonds. The molecule has 7 heteroatoms. The Bertz CT molecular complexity index is 900. The average molecular weight is 381 g/mol. The lowest BCUT2D eigenvalue weighted by atomic mass is 9.83. The highest BCUT2D eigenvalue weighted by molar-refractivity contribution is 6.00. The molecule has 2 aromatic rings. The third-order valence-corrected chi connectivity index (χ3v) is 5.42. The Morgan fingerprint density at radius 1 is 1.11 bits per heavy atom. The highest BCUT2D eigenvalue weighted by Gasteiger charge is 2.48. The van der Waals surface area contributed by atoms with Gasteiger partial charge in [0.2, 0.25) is 11.8 Å². The van der Waals surface area contributed by atoms with Gasteiger partial charge in [-0.25, -0.2) is 0 Å². The van der Waals surface area contributed by atoms with Gasteiger partial charge in [0.15, 0.2) is 0 Å². The zero-order valence-electron chi connectivity index (χ0n) is 15.9. The summed E-state index contributed by atoms with van der Waals surface area (Å²) in [5.74, 6) is -0.472. The molecule has 1 aliphatic rings. The summed E-state index contributed by atoms with van der Waals surface area (Å²) in [7, 11) is 1.59. The number of amides is 2. The molecule has 1 heterocycles. The number of piperazine rings is 1. The topological polar surface area (TPSA) is 92.5 Å². The number of likely N-dealkylation sites (N-methyl/N-ethyl adjacent to an activating group) is 1. The Labute approximate surface area is 163 Å². The monoisotopic (exact) mass is 381 g/mol. The van der Waals surface area contributed by atoms with Gasteiger partial charge in [0, 0.05) is 31.5 Å². The number of para-hydroxylation sites is 1. The Morgan fingerprint density at radius 3 is 2.39 bits per heavy atom. The minimum Gasteiger partial charge on any atom is -0.340 e. The van der Waals surface area contributed by atoms with Crippen LogP contribution in [0.25, 0.3) is 0 Å². The van der Waals surface area contributed by atoms with Crippen molar-refractivity contribution >= 4 is 17.5 Å². The molecule has 0 saturated carbocycles. The third kappa shape index (κ3) is 3.60. The largest absolute Gasteiger partial charge is 0.340 e. The van der Waals surface area contributed by atoms with Crippen LogP contribution in [0.3, 0.4) is 0 Å². The normalized spacial score (nSPS) is 22.1. The first kappa shape index (κ1) is 19.5. The van der Waals surface area contributed by atoms with E-state index >= 15 is 0 Å². The summed E-state index contributed by atoms with van der Waals surface area (Å²) in [4.78, 5) is 38.4. The van der Waals surface area contributed by atoms with Gasteiger partial charge < -0.3 is 10.2 Å². The maximum Gasteiger partial charge on any atom is 0.272 e. The Morgan fingerprint density at radius 2 is 1.75 bits per heavy atom. The number of carbonyl (C=O) groups is 2. The van der Waals surface area contributed by atoms with Gasteiger partial charge in [-0.05, 0) is 12.0 Å². The van der Waals surface area contributed by atoms with Gasteiger partial charge in [0.25, 0.3) is 5.69 Å². The molecule has 0 spiro atoms. The Hall–Kier alpha value is -3.22. The summed E-state index contributed by atoms with van der Waals surface area (Å²) >= 11 is 0. The van der Waals surface area contributed by atoms with Crippen LogP contribution in [-0.4, -0.2) is 40.3 Å². The summed E-state index contributed by atoms with van der Waals surface area (Å²) in [6, 6.07) is 15.1. The molecule has 1 N–H and O–H groups in total. The SMILES string of the molecule is CCC1(Cc2ccccc2)NC(=O)C(Cc2ccccc2[N+](=O)[O-])N(C)C1=O. The second-order valence-electron chi connectivity index (χ2n) is 7.11. The molecule has 0 aliphatic carbocycles. The molecule has 2 unspecified atom stereocenters. The lowest BCUT2D eigenvalue weighted by Gasteiger charge is -2.44. The Kier molecular flexibility index (Phi) is 5.44. The van der Waals surface area contributed by atoms with Crippen molar-refractivity contribution in [3.8, 4) is 0 Å². The van der Waals surface area contributed by atoms with E-state index < -0.39 is 16.5 Å². The van der Waals surface area contributed by atoms with Crippen LogP contribution in [0.15, 0.2) is 54.6 Å². The first-order chi connectivity index (χ1) is 13.4. The van der Waals surface area contributed by atoms with Crippen LogP contribution in [0, 0.1) is 10.1 Å². The molecule has 0 bridgehead atoms. The molecular weight excluding hydrogens is 358 g/mol. The minimum absolute atomic E-state index is 0.0484. The van der Waals surface area contributed by atoms with Crippen LogP contribution in [0.4, 0.5) is 5.69 Å². The van der Waals surface area contributed by atoms with Crippen LogP contribution in [0.2, 0.25) is 0 Å². The molecule has 146 valence electrons. The molecule has 0 radical (unpaired) electrons. The van der Waals surface area contributed by atoms with E-state index in [-0.39, 0.29) is 23.9 Å². The molecule has 0 aromatic heterocycles. The fourth-order valence-corrected chi connectivity index (χ4v) is 3.76. The van der Waals surface area contributed by atoms with E-state index in [1.807, 2.05) is 37.3 Å². The van der Waals surface area contributed by atoms with Gasteiger partial charge in [-0.3, -0.25) is 19.7 Å². The number of nitro benzene ring substituents is 1. The van der Waals surface area contributed by atoms with Crippen molar-refractivity contribution in [2.45, 2.75) is 37.8 Å². The first-order valence-corrected chi connectivity index (χ1v) is 9.23. The molecule has 28 heavy (non-hydrogen) atoms. The van der Waals surface area contributed by atoms with Crippen LogP contribution in [0.1, 0.15) is 24.5 Å². The Balaban J connectivity index is 1.87. The van der Waals surface area contributed by atoms with E-state index in [9.17, 15) is 19.7 Å². The summed E-state index contributed by atoms with van der Waals surface area (Å²) in [6.07, 6.45) is 0.947. The molecule has 1 saturated heterocycles. The minimum atomic E-state index is -1.01. The van der Waals surface area contributed by atoms with Gasteiger partial charge in [-0.2, -0.15) is 0 Å². The maximum absolute atomic E-state index is 13.2. The lowest BCUT2D eigenvalue weighted by Crippen LogP contribution is -2.70. The molecule has 1 aliphatic heterocycles. The first-order valence-electron chi connectivity index (χ1n) is 9.23.